The van der Waals surface area contributed by atoms with Crippen LogP contribution in [-0.2, 0) is 13.7 Å². The van der Waals surface area contributed by atoms with Crippen LogP contribution in [0.4, 0.5) is 11.4 Å². The summed E-state index contributed by atoms with van der Waals surface area (Å²) in [7, 11) is 1.74. The predicted octanol–water partition coefficient (Wildman–Crippen LogP) is 4.41. The van der Waals surface area contributed by atoms with E-state index in [0.717, 1.165) is 11.3 Å². The second-order valence-electron chi connectivity index (χ2n) is 7.23. The van der Waals surface area contributed by atoms with Crippen molar-refractivity contribution in [3.05, 3.63) is 95.7 Å². The van der Waals surface area contributed by atoms with E-state index >= 15 is 0 Å². The fourth-order valence-corrected chi connectivity index (χ4v) is 3.00. The molecule has 0 aliphatic rings. The number of nitrogens with one attached hydrogen (secondary N) is 2. The van der Waals surface area contributed by atoms with E-state index in [9.17, 15) is 9.59 Å². The Kier molecular flexibility index (Phi) is 6.03. The third kappa shape index (κ3) is 5.23. The van der Waals surface area contributed by atoms with Crippen LogP contribution in [0.2, 0.25) is 0 Å². The minimum atomic E-state index is -0.378. The molecule has 0 unspecified atom stereocenters. The molecule has 0 saturated carbocycles. The van der Waals surface area contributed by atoms with Gasteiger partial charge in [0.2, 0.25) is 0 Å². The monoisotopic (exact) mass is 430 g/mol. The number of ether oxygens (including phenoxy) is 1. The van der Waals surface area contributed by atoms with Crippen molar-refractivity contribution in [2.24, 2.45) is 7.05 Å². The van der Waals surface area contributed by atoms with Crippen molar-refractivity contribution in [3.63, 3.8) is 0 Å². The number of hydrogen-bond acceptors (Lipinski definition) is 5. The van der Waals surface area contributed by atoms with Crippen LogP contribution in [0, 0.1) is 6.92 Å². The number of amides is 2. The van der Waals surface area contributed by atoms with E-state index in [2.05, 4.69) is 15.7 Å². The molecule has 8 nitrogen and oxygen atoms in total. The minimum absolute atomic E-state index is 0.181. The molecule has 0 spiro atoms. The summed E-state index contributed by atoms with van der Waals surface area (Å²) >= 11 is 0. The highest BCUT2D eigenvalue weighted by molar-refractivity contribution is 6.04. The number of carbonyl (C=O) groups is 2. The van der Waals surface area contributed by atoms with Crippen LogP contribution in [0.15, 0.2) is 77.3 Å². The van der Waals surface area contributed by atoms with Crippen molar-refractivity contribution < 1.29 is 18.7 Å². The standard InChI is InChI=1S/C24H22N4O4/c1-16-4-3-5-19(14-16)31-15-20-10-11-22(32-20)24(30)26-18-8-6-17(7-9-18)25-23(29)21-12-13-28(2)27-21/h3-14H,15H2,1-2H3,(H,25,29)(H,26,30). The van der Waals surface area contributed by atoms with Crippen molar-refractivity contribution in [2.75, 3.05) is 10.6 Å². The third-order valence-corrected chi connectivity index (χ3v) is 4.60. The average molecular weight is 430 g/mol. The van der Waals surface area contributed by atoms with Crippen LogP contribution in [0.3, 0.4) is 0 Å². The summed E-state index contributed by atoms with van der Waals surface area (Å²) in [5, 5.41) is 9.59. The van der Waals surface area contributed by atoms with Gasteiger partial charge in [-0.25, -0.2) is 0 Å². The lowest BCUT2D eigenvalue weighted by molar-refractivity contribution is 0.0990. The summed E-state index contributed by atoms with van der Waals surface area (Å²) in [6.45, 7) is 2.21. The van der Waals surface area contributed by atoms with Crippen molar-refractivity contribution in [1.82, 2.24) is 9.78 Å². The van der Waals surface area contributed by atoms with Gasteiger partial charge in [0.15, 0.2) is 11.5 Å². The zero-order valence-corrected chi connectivity index (χ0v) is 17.7. The molecule has 0 aliphatic heterocycles. The molecule has 2 amide bonds. The maximum Gasteiger partial charge on any atom is 0.291 e. The van der Waals surface area contributed by atoms with E-state index in [0.29, 0.717) is 22.8 Å². The Hall–Kier alpha value is -4.33. The predicted molar refractivity (Wildman–Crippen MR) is 120 cm³/mol. The molecular formula is C24H22N4O4. The van der Waals surface area contributed by atoms with Crippen LogP contribution < -0.4 is 15.4 Å². The molecule has 8 heteroatoms. The molecule has 0 atom stereocenters. The highest BCUT2D eigenvalue weighted by Gasteiger charge is 2.13. The number of benzene rings is 2. The van der Waals surface area contributed by atoms with Gasteiger partial charge >= 0.3 is 0 Å². The van der Waals surface area contributed by atoms with E-state index in [1.165, 1.54) is 0 Å². The largest absolute Gasteiger partial charge is 0.486 e. The van der Waals surface area contributed by atoms with Crippen molar-refractivity contribution in [3.8, 4) is 5.75 Å². The van der Waals surface area contributed by atoms with Crippen LogP contribution in [0.5, 0.6) is 5.75 Å². The molecule has 0 bridgehead atoms. The molecule has 0 radical (unpaired) electrons. The van der Waals surface area contributed by atoms with E-state index in [4.69, 9.17) is 9.15 Å². The lowest BCUT2D eigenvalue weighted by Gasteiger charge is -2.07. The first-order valence-electron chi connectivity index (χ1n) is 9.97. The Bertz CT molecular complexity index is 1240. The van der Waals surface area contributed by atoms with Gasteiger partial charge in [0.25, 0.3) is 11.8 Å². The molecule has 2 aromatic heterocycles. The fourth-order valence-electron chi connectivity index (χ4n) is 3.00. The number of furan rings is 1. The van der Waals surface area contributed by atoms with Gasteiger partial charge in [-0.05, 0) is 67.1 Å². The third-order valence-electron chi connectivity index (χ3n) is 4.60. The van der Waals surface area contributed by atoms with Gasteiger partial charge in [-0.3, -0.25) is 14.3 Å². The van der Waals surface area contributed by atoms with Gasteiger partial charge in [0.05, 0.1) is 0 Å². The first kappa shape index (κ1) is 20.9. The molecule has 0 fully saturated rings. The van der Waals surface area contributed by atoms with Gasteiger partial charge in [-0.1, -0.05) is 12.1 Å². The summed E-state index contributed by atoms with van der Waals surface area (Å²) in [5.41, 5.74) is 2.58. The molecule has 2 heterocycles. The lowest BCUT2D eigenvalue weighted by atomic mass is 10.2. The zero-order chi connectivity index (χ0) is 22.5. The SMILES string of the molecule is Cc1cccc(OCc2ccc(C(=O)Nc3ccc(NC(=O)c4ccn(C)n4)cc3)o2)c1. The van der Waals surface area contributed by atoms with Crippen molar-refractivity contribution >= 4 is 23.2 Å². The van der Waals surface area contributed by atoms with E-state index < -0.39 is 0 Å². The molecule has 162 valence electrons. The number of rotatable bonds is 7. The Balaban J connectivity index is 1.31. The summed E-state index contributed by atoms with van der Waals surface area (Å²) < 4.78 is 12.8. The van der Waals surface area contributed by atoms with Crippen molar-refractivity contribution in [1.29, 1.82) is 0 Å². The van der Waals surface area contributed by atoms with Gasteiger partial charge in [-0.15, -0.1) is 0 Å². The van der Waals surface area contributed by atoms with Gasteiger partial charge in [0.1, 0.15) is 18.1 Å². The first-order valence-corrected chi connectivity index (χ1v) is 9.97. The molecular weight excluding hydrogens is 408 g/mol. The topological polar surface area (TPSA) is 98.4 Å². The van der Waals surface area contributed by atoms with Gasteiger partial charge < -0.3 is 19.8 Å². The number of nitrogens with zero attached hydrogens (tertiary/aromatic N) is 2. The number of carbonyl (C=O) groups excluding carboxylic acids is 2. The van der Waals surface area contributed by atoms with Crippen LogP contribution in [0.1, 0.15) is 32.4 Å². The molecule has 0 aliphatic carbocycles. The van der Waals surface area contributed by atoms with Gasteiger partial charge in [-0.2, -0.15) is 5.10 Å². The Labute approximate surface area is 184 Å². The molecule has 2 aromatic carbocycles. The molecule has 32 heavy (non-hydrogen) atoms. The summed E-state index contributed by atoms with van der Waals surface area (Å²) in [5.74, 6) is 0.780. The van der Waals surface area contributed by atoms with Gasteiger partial charge in [0, 0.05) is 24.6 Å². The zero-order valence-electron chi connectivity index (χ0n) is 17.7. The van der Waals surface area contributed by atoms with Crippen molar-refractivity contribution in [2.45, 2.75) is 13.5 Å². The normalized spacial score (nSPS) is 10.6. The van der Waals surface area contributed by atoms with Crippen LogP contribution in [0.25, 0.3) is 0 Å². The first-order chi connectivity index (χ1) is 15.5. The average Bonchev–Trinajstić information content (AvgIpc) is 3.43. The minimum Gasteiger partial charge on any atom is -0.486 e. The molecule has 4 aromatic rings. The number of aromatic nitrogens is 2. The Morgan fingerprint density at radius 3 is 2.34 bits per heavy atom. The molecule has 2 N–H and O–H groups in total. The Morgan fingerprint density at radius 1 is 0.969 bits per heavy atom. The quantitative estimate of drug-likeness (QED) is 0.453. The number of aryl methyl sites for hydroxylation is 2. The smallest absolute Gasteiger partial charge is 0.291 e. The second-order valence-corrected chi connectivity index (χ2v) is 7.23. The van der Waals surface area contributed by atoms with E-state index in [1.54, 1.807) is 60.4 Å². The molecule has 0 saturated heterocycles. The van der Waals surface area contributed by atoms with Crippen LogP contribution in [-0.4, -0.2) is 21.6 Å². The summed E-state index contributed by atoms with van der Waals surface area (Å²) in [6, 6.07) is 19.4. The lowest BCUT2D eigenvalue weighted by Crippen LogP contribution is -2.13. The molecule has 4 rings (SSSR count). The highest BCUT2D eigenvalue weighted by Crippen LogP contribution is 2.18. The van der Waals surface area contributed by atoms with Crippen LogP contribution >= 0.6 is 0 Å². The Morgan fingerprint density at radius 2 is 1.69 bits per heavy atom. The second kappa shape index (κ2) is 9.22. The highest BCUT2D eigenvalue weighted by atomic mass is 16.5. The summed E-state index contributed by atoms with van der Waals surface area (Å²) in [6.07, 6.45) is 1.70. The van der Waals surface area contributed by atoms with E-state index in [1.807, 2.05) is 31.2 Å². The summed E-state index contributed by atoms with van der Waals surface area (Å²) in [4.78, 5) is 24.6. The number of anilines is 2. The maximum absolute atomic E-state index is 12.5. The fraction of sp³-hybridized carbons (Fsp3) is 0.125. The number of hydrogen-bond donors (Lipinski definition) is 2. The maximum atomic E-state index is 12.5. The van der Waals surface area contributed by atoms with E-state index in [-0.39, 0.29) is 24.2 Å².